The Balaban J connectivity index is 1.49. The van der Waals surface area contributed by atoms with Gasteiger partial charge in [-0.1, -0.05) is 0 Å². The zero-order chi connectivity index (χ0) is 16.8. The molecule has 0 spiro atoms. The standard InChI is InChI=1S/C17H22N4O3/c1-21-16(2-5-20-21)15-8-14(9-18-11-15)10-19-17(22)24-12-13-3-6-23-7-4-13/h2,5,8-9,11,13H,3-4,6-7,10,12H2,1H3,(H,19,22). The Morgan fingerprint density at radius 2 is 2.25 bits per heavy atom. The molecule has 1 amide bonds. The molecule has 1 saturated heterocycles. The fourth-order valence-electron chi connectivity index (χ4n) is 2.71. The van der Waals surface area contributed by atoms with Crippen LogP contribution in [-0.4, -0.2) is 40.7 Å². The van der Waals surface area contributed by atoms with Gasteiger partial charge in [0.1, 0.15) is 0 Å². The molecule has 3 heterocycles. The molecule has 0 atom stereocenters. The lowest BCUT2D eigenvalue weighted by Gasteiger charge is -2.21. The van der Waals surface area contributed by atoms with E-state index in [0.29, 0.717) is 19.1 Å². The SMILES string of the molecule is Cn1nccc1-c1cncc(CNC(=O)OCC2CCOCC2)c1. The smallest absolute Gasteiger partial charge is 0.407 e. The average molecular weight is 330 g/mol. The molecule has 1 fully saturated rings. The lowest BCUT2D eigenvalue weighted by Crippen LogP contribution is -2.28. The number of nitrogens with zero attached hydrogens (tertiary/aromatic N) is 3. The third-order valence-electron chi connectivity index (χ3n) is 4.14. The molecule has 128 valence electrons. The van der Waals surface area contributed by atoms with E-state index in [0.717, 1.165) is 42.9 Å². The summed E-state index contributed by atoms with van der Waals surface area (Å²) in [5.41, 5.74) is 2.85. The average Bonchev–Trinajstić information content (AvgIpc) is 3.05. The fourth-order valence-corrected chi connectivity index (χ4v) is 2.71. The number of rotatable bonds is 5. The maximum atomic E-state index is 11.8. The molecule has 7 heteroatoms. The van der Waals surface area contributed by atoms with Gasteiger partial charge in [0.15, 0.2) is 0 Å². The lowest BCUT2D eigenvalue weighted by atomic mass is 10.0. The molecular formula is C17H22N4O3. The zero-order valence-electron chi connectivity index (χ0n) is 13.8. The van der Waals surface area contributed by atoms with Gasteiger partial charge in [0.25, 0.3) is 0 Å². The Morgan fingerprint density at radius 3 is 3.00 bits per heavy atom. The Labute approximate surface area is 141 Å². The molecule has 3 rings (SSSR count). The summed E-state index contributed by atoms with van der Waals surface area (Å²) in [6, 6.07) is 3.92. The second-order valence-corrected chi connectivity index (χ2v) is 5.93. The van der Waals surface area contributed by atoms with Crippen LogP contribution in [0.3, 0.4) is 0 Å². The lowest BCUT2D eigenvalue weighted by molar-refractivity contribution is 0.0379. The van der Waals surface area contributed by atoms with Crippen LogP contribution in [0.2, 0.25) is 0 Å². The van der Waals surface area contributed by atoms with Gasteiger partial charge < -0.3 is 14.8 Å². The van der Waals surface area contributed by atoms with Crippen molar-refractivity contribution < 1.29 is 14.3 Å². The molecule has 0 bridgehead atoms. The number of hydrogen-bond donors (Lipinski definition) is 1. The molecule has 0 aliphatic carbocycles. The van der Waals surface area contributed by atoms with Gasteiger partial charge in [0, 0.05) is 51.0 Å². The Morgan fingerprint density at radius 1 is 1.42 bits per heavy atom. The van der Waals surface area contributed by atoms with Gasteiger partial charge in [-0.25, -0.2) is 4.79 Å². The minimum Gasteiger partial charge on any atom is -0.449 e. The van der Waals surface area contributed by atoms with Crippen LogP contribution in [0.4, 0.5) is 4.79 Å². The van der Waals surface area contributed by atoms with Gasteiger partial charge in [-0.3, -0.25) is 9.67 Å². The first-order chi connectivity index (χ1) is 11.7. The Kier molecular flexibility index (Phi) is 5.43. The minimum absolute atomic E-state index is 0.380. The van der Waals surface area contributed by atoms with E-state index in [2.05, 4.69) is 15.4 Å². The number of aryl methyl sites for hydroxylation is 1. The minimum atomic E-state index is -0.396. The highest BCUT2D eigenvalue weighted by Gasteiger charge is 2.15. The van der Waals surface area contributed by atoms with Gasteiger partial charge in [0.05, 0.1) is 12.3 Å². The predicted molar refractivity (Wildman–Crippen MR) is 88.2 cm³/mol. The summed E-state index contributed by atoms with van der Waals surface area (Å²) in [5.74, 6) is 0.402. The van der Waals surface area contributed by atoms with Crippen molar-refractivity contribution in [1.82, 2.24) is 20.1 Å². The predicted octanol–water partition coefficient (Wildman–Crippen LogP) is 2.13. The van der Waals surface area contributed by atoms with E-state index in [-0.39, 0.29) is 0 Å². The maximum absolute atomic E-state index is 11.8. The number of aromatic nitrogens is 3. The summed E-state index contributed by atoms with van der Waals surface area (Å²) in [5, 5.41) is 6.93. The van der Waals surface area contributed by atoms with Gasteiger partial charge in [-0.2, -0.15) is 5.10 Å². The molecule has 0 saturated carbocycles. The molecule has 1 aliphatic rings. The summed E-state index contributed by atoms with van der Waals surface area (Å²) in [6.45, 7) is 2.33. The molecule has 0 radical (unpaired) electrons. The molecule has 0 unspecified atom stereocenters. The van der Waals surface area contributed by atoms with Gasteiger partial charge in [-0.05, 0) is 36.5 Å². The summed E-state index contributed by atoms with van der Waals surface area (Å²) >= 11 is 0. The third kappa shape index (κ3) is 4.32. The van der Waals surface area contributed by atoms with Crippen molar-refractivity contribution in [3.05, 3.63) is 36.3 Å². The number of carbonyl (C=O) groups is 1. The van der Waals surface area contributed by atoms with Crippen molar-refractivity contribution in [1.29, 1.82) is 0 Å². The van der Waals surface area contributed by atoms with Crippen LogP contribution in [0.1, 0.15) is 18.4 Å². The number of carbonyl (C=O) groups excluding carboxylic acids is 1. The van der Waals surface area contributed by atoms with Gasteiger partial charge in [-0.15, -0.1) is 0 Å². The molecular weight excluding hydrogens is 308 g/mol. The van der Waals surface area contributed by atoms with Crippen LogP contribution in [-0.2, 0) is 23.1 Å². The van der Waals surface area contributed by atoms with Crippen LogP contribution in [0.15, 0.2) is 30.7 Å². The third-order valence-corrected chi connectivity index (χ3v) is 4.14. The van der Waals surface area contributed by atoms with E-state index in [1.807, 2.05) is 19.2 Å². The van der Waals surface area contributed by atoms with Crippen LogP contribution in [0, 0.1) is 5.92 Å². The number of hydrogen-bond acceptors (Lipinski definition) is 5. The van der Waals surface area contributed by atoms with Crippen molar-refractivity contribution >= 4 is 6.09 Å². The van der Waals surface area contributed by atoms with Crippen molar-refractivity contribution in [2.24, 2.45) is 13.0 Å². The van der Waals surface area contributed by atoms with E-state index < -0.39 is 6.09 Å². The zero-order valence-corrected chi connectivity index (χ0v) is 13.8. The first kappa shape index (κ1) is 16.4. The molecule has 1 N–H and O–H groups in total. The number of ether oxygens (including phenoxy) is 2. The summed E-state index contributed by atoms with van der Waals surface area (Å²) in [6.07, 6.45) is 6.76. The van der Waals surface area contributed by atoms with E-state index in [1.165, 1.54) is 0 Å². The van der Waals surface area contributed by atoms with Crippen molar-refractivity contribution in [2.75, 3.05) is 19.8 Å². The fraction of sp³-hybridized carbons (Fsp3) is 0.471. The summed E-state index contributed by atoms with van der Waals surface area (Å²) in [4.78, 5) is 16.1. The Hall–Kier alpha value is -2.41. The highest BCUT2D eigenvalue weighted by molar-refractivity contribution is 5.67. The number of amides is 1. The molecule has 24 heavy (non-hydrogen) atoms. The topological polar surface area (TPSA) is 78.3 Å². The van der Waals surface area contributed by atoms with Crippen LogP contribution >= 0.6 is 0 Å². The van der Waals surface area contributed by atoms with Crippen molar-refractivity contribution in [3.63, 3.8) is 0 Å². The monoisotopic (exact) mass is 330 g/mol. The first-order valence-electron chi connectivity index (χ1n) is 8.13. The molecule has 1 aliphatic heterocycles. The number of pyridine rings is 1. The number of alkyl carbamates (subject to hydrolysis) is 1. The molecule has 2 aromatic rings. The van der Waals surface area contributed by atoms with Crippen molar-refractivity contribution in [3.8, 4) is 11.3 Å². The number of nitrogens with one attached hydrogen (secondary N) is 1. The van der Waals surface area contributed by atoms with Crippen LogP contribution in [0.5, 0.6) is 0 Å². The normalized spacial score (nSPS) is 15.2. The second kappa shape index (κ2) is 7.92. The molecule has 7 nitrogen and oxygen atoms in total. The van der Waals surface area contributed by atoms with Crippen LogP contribution in [0.25, 0.3) is 11.3 Å². The summed E-state index contributed by atoms with van der Waals surface area (Å²) in [7, 11) is 1.88. The highest BCUT2D eigenvalue weighted by Crippen LogP contribution is 2.18. The summed E-state index contributed by atoms with van der Waals surface area (Å²) < 4.78 is 12.4. The van der Waals surface area contributed by atoms with Crippen LogP contribution < -0.4 is 5.32 Å². The maximum Gasteiger partial charge on any atom is 0.407 e. The van der Waals surface area contributed by atoms with E-state index >= 15 is 0 Å². The molecule has 2 aromatic heterocycles. The molecule has 0 aromatic carbocycles. The van der Waals surface area contributed by atoms with E-state index in [9.17, 15) is 4.79 Å². The quantitative estimate of drug-likeness (QED) is 0.909. The van der Waals surface area contributed by atoms with Gasteiger partial charge >= 0.3 is 6.09 Å². The van der Waals surface area contributed by atoms with Crippen molar-refractivity contribution in [2.45, 2.75) is 19.4 Å². The van der Waals surface area contributed by atoms with Gasteiger partial charge in [0.2, 0.25) is 0 Å². The second-order valence-electron chi connectivity index (χ2n) is 5.93. The van der Waals surface area contributed by atoms with E-state index in [1.54, 1.807) is 23.3 Å². The largest absolute Gasteiger partial charge is 0.449 e. The Bertz CT molecular complexity index is 680. The van der Waals surface area contributed by atoms with E-state index in [4.69, 9.17) is 9.47 Å². The highest BCUT2D eigenvalue weighted by atomic mass is 16.5. The first-order valence-corrected chi connectivity index (χ1v) is 8.13.